The SMILES string of the molecule is Cc1ccc(C(O)=C2C(=O)C(=O)N(CC[NH+]3CCOCC3)C2c2cccc(F)c2)cc1. The Balaban J connectivity index is 1.73. The first-order valence-corrected chi connectivity index (χ1v) is 10.5. The Labute approximate surface area is 180 Å². The Kier molecular flexibility index (Phi) is 6.15. The van der Waals surface area contributed by atoms with Gasteiger partial charge in [-0.05, 0) is 24.6 Å². The molecule has 1 amide bonds. The summed E-state index contributed by atoms with van der Waals surface area (Å²) in [7, 11) is 0. The number of amides is 1. The van der Waals surface area contributed by atoms with E-state index in [-0.39, 0.29) is 11.3 Å². The highest BCUT2D eigenvalue weighted by atomic mass is 19.1. The molecule has 0 aliphatic carbocycles. The van der Waals surface area contributed by atoms with E-state index < -0.39 is 23.5 Å². The number of rotatable bonds is 5. The van der Waals surface area contributed by atoms with Gasteiger partial charge in [-0.2, -0.15) is 0 Å². The molecule has 162 valence electrons. The third-order valence-corrected chi connectivity index (χ3v) is 5.94. The molecule has 2 N–H and O–H groups in total. The van der Waals surface area contributed by atoms with Crippen molar-refractivity contribution in [3.05, 3.63) is 76.6 Å². The zero-order valence-electron chi connectivity index (χ0n) is 17.4. The van der Waals surface area contributed by atoms with Crippen molar-refractivity contribution in [3.8, 4) is 0 Å². The average molecular weight is 425 g/mol. The summed E-state index contributed by atoms with van der Waals surface area (Å²) >= 11 is 0. The van der Waals surface area contributed by atoms with Crippen molar-refractivity contribution >= 4 is 17.4 Å². The standard InChI is InChI=1S/C24H25FN2O4/c1-16-5-7-17(8-6-16)22(28)20-21(18-3-2-4-19(25)15-18)27(24(30)23(20)29)10-9-26-11-13-31-14-12-26/h2-8,15,21,28H,9-14H2,1H3/p+1. The van der Waals surface area contributed by atoms with E-state index in [1.807, 2.05) is 19.1 Å². The summed E-state index contributed by atoms with van der Waals surface area (Å²) in [6.07, 6.45) is 0. The monoisotopic (exact) mass is 425 g/mol. The fourth-order valence-corrected chi connectivity index (χ4v) is 4.19. The second-order valence-electron chi connectivity index (χ2n) is 8.03. The minimum atomic E-state index is -0.836. The Bertz CT molecular complexity index is 1010. The van der Waals surface area contributed by atoms with E-state index in [9.17, 15) is 19.1 Å². The van der Waals surface area contributed by atoms with Crippen molar-refractivity contribution in [2.45, 2.75) is 13.0 Å². The number of quaternary nitrogens is 1. The van der Waals surface area contributed by atoms with Crippen molar-refractivity contribution in [1.29, 1.82) is 0 Å². The molecular weight excluding hydrogens is 399 g/mol. The zero-order chi connectivity index (χ0) is 22.0. The van der Waals surface area contributed by atoms with Gasteiger partial charge >= 0.3 is 0 Å². The third kappa shape index (κ3) is 4.38. The maximum atomic E-state index is 14.0. The van der Waals surface area contributed by atoms with Crippen LogP contribution in [0, 0.1) is 12.7 Å². The number of carbonyl (C=O) groups is 2. The number of halogens is 1. The Hall–Kier alpha value is -3.03. The molecule has 0 saturated carbocycles. The summed E-state index contributed by atoms with van der Waals surface area (Å²) in [5.41, 5.74) is 1.91. The lowest BCUT2D eigenvalue weighted by Gasteiger charge is -2.29. The second-order valence-corrected chi connectivity index (χ2v) is 8.03. The smallest absolute Gasteiger partial charge is 0.295 e. The lowest BCUT2D eigenvalue weighted by Crippen LogP contribution is -3.14. The van der Waals surface area contributed by atoms with Gasteiger partial charge in [-0.25, -0.2) is 4.39 Å². The van der Waals surface area contributed by atoms with Crippen LogP contribution in [0.15, 0.2) is 54.1 Å². The summed E-state index contributed by atoms with van der Waals surface area (Å²) in [6, 6.07) is 12.1. The van der Waals surface area contributed by atoms with Gasteiger partial charge in [0.2, 0.25) is 0 Å². The second kappa shape index (κ2) is 8.99. The van der Waals surface area contributed by atoms with E-state index in [0.717, 1.165) is 18.7 Å². The Morgan fingerprint density at radius 1 is 1.16 bits per heavy atom. The van der Waals surface area contributed by atoms with Crippen molar-refractivity contribution in [2.75, 3.05) is 39.4 Å². The van der Waals surface area contributed by atoms with Crippen LogP contribution in [0.4, 0.5) is 4.39 Å². The van der Waals surface area contributed by atoms with Crippen LogP contribution in [0.3, 0.4) is 0 Å². The van der Waals surface area contributed by atoms with Crippen LogP contribution in [0.1, 0.15) is 22.7 Å². The Morgan fingerprint density at radius 2 is 1.87 bits per heavy atom. The van der Waals surface area contributed by atoms with Crippen molar-refractivity contribution < 1.29 is 28.7 Å². The van der Waals surface area contributed by atoms with Gasteiger partial charge in [0.1, 0.15) is 24.7 Å². The highest BCUT2D eigenvalue weighted by Crippen LogP contribution is 2.39. The van der Waals surface area contributed by atoms with Crippen LogP contribution in [0.2, 0.25) is 0 Å². The molecule has 0 spiro atoms. The predicted molar refractivity (Wildman–Crippen MR) is 113 cm³/mol. The highest BCUT2D eigenvalue weighted by Gasteiger charge is 2.46. The van der Waals surface area contributed by atoms with E-state index >= 15 is 0 Å². The van der Waals surface area contributed by atoms with Gasteiger partial charge in [-0.15, -0.1) is 0 Å². The lowest BCUT2D eigenvalue weighted by atomic mass is 9.95. The summed E-state index contributed by atoms with van der Waals surface area (Å²) < 4.78 is 19.4. The molecule has 2 saturated heterocycles. The third-order valence-electron chi connectivity index (χ3n) is 5.94. The number of hydrogen-bond acceptors (Lipinski definition) is 4. The number of carbonyl (C=O) groups excluding carboxylic acids is 2. The van der Waals surface area contributed by atoms with Gasteiger partial charge in [-0.1, -0.05) is 42.0 Å². The number of morpholine rings is 1. The molecule has 2 aromatic rings. The predicted octanol–water partition coefficient (Wildman–Crippen LogP) is 1.47. The molecule has 1 atom stereocenters. The maximum absolute atomic E-state index is 14.0. The lowest BCUT2D eigenvalue weighted by molar-refractivity contribution is -0.907. The van der Waals surface area contributed by atoms with Crippen LogP contribution in [0.25, 0.3) is 5.76 Å². The topological polar surface area (TPSA) is 71.3 Å². The number of aryl methyl sites for hydroxylation is 1. The van der Waals surface area contributed by atoms with Gasteiger partial charge in [0.15, 0.2) is 0 Å². The van der Waals surface area contributed by atoms with Gasteiger partial charge in [-0.3, -0.25) is 9.59 Å². The molecule has 0 aromatic heterocycles. The number of nitrogens with zero attached hydrogens (tertiary/aromatic N) is 1. The van der Waals surface area contributed by atoms with E-state index in [4.69, 9.17) is 4.74 Å². The number of aliphatic hydroxyl groups excluding tert-OH is 1. The van der Waals surface area contributed by atoms with Gasteiger partial charge in [0.25, 0.3) is 11.7 Å². The quantitative estimate of drug-likeness (QED) is 0.433. The fourth-order valence-electron chi connectivity index (χ4n) is 4.19. The minimum absolute atomic E-state index is 0.00331. The summed E-state index contributed by atoms with van der Waals surface area (Å²) in [4.78, 5) is 28.7. The molecule has 0 radical (unpaired) electrons. The summed E-state index contributed by atoms with van der Waals surface area (Å²) in [5, 5.41) is 11.0. The average Bonchev–Trinajstić information content (AvgIpc) is 3.03. The molecule has 2 aliphatic rings. The summed E-state index contributed by atoms with van der Waals surface area (Å²) in [6.45, 7) is 5.88. The molecule has 0 bridgehead atoms. The molecule has 2 aliphatic heterocycles. The van der Waals surface area contributed by atoms with E-state index in [1.165, 1.54) is 21.9 Å². The van der Waals surface area contributed by atoms with E-state index in [1.54, 1.807) is 24.3 Å². The number of hydrogen-bond donors (Lipinski definition) is 2. The molecule has 31 heavy (non-hydrogen) atoms. The van der Waals surface area contributed by atoms with Crippen molar-refractivity contribution in [2.24, 2.45) is 0 Å². The van der Waals surface area contributed by atoms with Crippen LogP contribution < -0.4 is 4.90 Å². The number of ether oxygens (including phenoxy) is 1. The first-order chi connectivity index (χ1) is 15.0. The molecule has 6 nitrogen and oxygen atoms in total. The van der Waals surface area contributed by atoms with Gasteiger partial charge < -0.3 is 19.6 Å². The first-order valence-electron chi connectivity index (χ1n) is 10.5. The maximum Gasteiger partial charge on any atom is 0.295 e. The van der Waals surface area contributed by atoms with Crippen LogP contribution in [-0.4, -0.2) is 61.1 Å². The van der Waals surface area contributed by atoms with Crippen LogP contribution in [-0.2, 0) is 14.3 Å². The molecule has 4 rings (SSSR count). The highest BCUT2D eigenvalue weighted by molar-refractivity contribution is 6.46. The van der Waals surface area contributed by atoms with Gasteiger partial charge in [0, 0.05) is 5.56 Å². The van der Waals surface area contributed by atoms with Crippen LogP contribution in [0.5, 0.6) is 0 Å². The number of aliphatic hydroxyl groups is 1. The number of Topliss-reactive ketones (excluding diaryl/α,β-unsaturated/α-hetero) is 1. The minimum Gasteiger partial charge on any atom is -0.507 e. The van der Waals surface area contributed by atoms with E-state index in [0.29, 0.717) is 37.4 Å². The molecule has 1 unspecified atom stereocenters. The number of nitrogens with one attached hydrogen (secondary N) is 1. The zero-order valence-corrected chi connectivity index (χ0v) is 17.4. The molecule has 2 heterocycles. The molecule has 2 aromatic carbocycles. The largest absolute Gasteiger partial charge is 0.507 e. The summed E-state index contributed by atoms with van der Waals surface area (Å²) in [5.74, 6) is -2.12. The molecule has 2 fully saturated rings. The Morgan fingerprint density at radius 3 is 2.55 bits per heavy atom. The molecular formula is C24H26FN2O4+. The van der Waals surface area contributed by atoms with Crippen molar-refractivity contribution in [3.63, 3.8) is 0 Å². The molecule has 7 heteroatoms. The fraction of sp³-hybridized carbons (Fsp3) is 0.333. The number of benzene rings is 2. The first kappa shape index (κ1) is 21.2. The van der Waals surface area contributed by atoms with E-state index in [2.05, 4.69) is 0 Å². The van der Waals surface area contributed by atoms with Crippen LogP contribution >= 0.6 is 0 Å². The number of ketones is 1. The van der Waals surface area contributed by atoms with Gasteiger partial charge in [0.05, 0.1) is 37.9 Å². The van der Waals surface area contributed by atoms with Crippen molar-refractivity contribution in [1.82, 2.24) is 4.90 Å². The normalized spacial score (nSPS) is 21.6. The number of likely N-dealkylation sites (tertiary alicyclic amines) is 1.